The largest absolute Gasteiger partial charge is 0.350 e. The molecule has 3 nitrogen and oxygen atoms in total. The van der Waals surface area contributed by atoms with Gasteiger partial charge in [0, 0.05) is 18.4 Å². The number of carbonyl (C=O) groups is 1. The first-order chi connectivity index (χ1) is 11.7. The molecular weight excluding hydrogens is 296 g/mol. The lowest BCUT2D eigenvalue weighted by molar-refractivity contribution is -0.121. The maximum atomic E-state index is 12.9. The Balaban J connectivity index is 1.83. The molecule has 0 aliphatic carbocycles. The quantitative estimate of drug-likeness (QED) is 0.763. The molecule has 1 aromatic heterocycles. The highest BCUT2D eigenvalue weighted by Crippen LogP contribution is 2.24. The summed E-state index contributed by atoms with van der Waals surface area (Å²) in [6, 6.07) is 24.0. The molecule has 24 heavy (non-hydrogen) atoms. The summed E-state index contributed by atoms with van der Waals surface area (Å²) in [4.78, 5) is 12.9. The molecule has 0 unspecified atom stereocenters. The first-order valence-electron chi connectivity index (χ1n) is 8.15. The highest BCUT2D eigenvalue weighted by Gasteiger charge is 2.22. The van der Waals surface area contributed by atoms with E-state index < -0.39 is 0 Å². The van der Waals surface area contributed by atoms with E-state index in [2.05, 4.69) is 28.9 Å². The lowest BCUT2D eigenvalue weighted by Gasteiger charge is -2.18. The Bertz CT molecular complexity index is 767. The van der Waals surface area contributed by atoms with Gasteiger partial charge in [-0.05, 0) is 30.2 Å². The molecule has 3 aromatic rings. The van der Waals surface area contributed by atoms with Gasteiger partial charge in [-0.15, -0.1) is 0 Å². The Labute approximate surface area is 143 Å². The minimum absolute atomic E-state index is 0.0197. The normalized spacial score (nSPS) is 10.8. The van der Waals surface area contributed by atoms with E-state index in [0.29, 0.717) is 6.54 Å². The highest BCUT2D eigenvalue weighted by molar-refractivity contribution is 5.87. The van der Waals surface area contributed by atoms with Crippen LogP contribution in [0.2, 0.25) is 0 Å². The van der Waals surface area contributed by atoms with Crippen LogP contribution >= 0.6 is 0 Å². The van der Waals surface area contributed by atoms with E-state index in [1.807, 2.05) is 67.7 Å². The van der Waals surface area contributed by atoms with Crippen LogP contribution in [0.25, 0.3) is 0 Å². The van der Waals surface area contributed by atoms with E-state index in [4.69, 9.17) is 0 Å². The third-order valence-corrected chi connectivity index (χ3v) is 4.45. The molecule has 0 aliphatic rings. The number of nitrogens with zero attached hydrogens (tertiary/aromatic N) is 1. The van der Waals surface area contributed by atoms with E-state index in [-0.39, 0.29) is 11.8 Å². The second kappa shape index (κ2) is 7.18. The van der Waals surface area contributed by atoms with E-state index in [1.54, 1.807) is 0 Å². The monoisotopic (exact) mass is 318 g/mol. The van der Waals surface area contributed by atoms with E-state index >= 15 is 0 Å². The van der Waals surface area contributed by atoms with Crippen molar-refractivity contribution in [3.63, 3.8) is 0 Å². The average molecular weight is 318 g/mol. The molecule has 1 heterocycles. The minimum atomic E-state index is -0.297. The molecule has 0 saturated carbocycles. The number of hydrogen-bond donors (Lipinski definition) is 1. The smallest absolute Gasteiger partial charge is 0.232 e. The number of hydrogen-bond acceptors (Lipinski definition) is 1. The number of rotatable bonds is 5. The molecule has 0 saturated heterocycles. The Hall–Kier alpha value is -2.81. The number of benzene rings is 2. The van der Waals surface area contributed by atoms with Gasteiger partial charge in [-0.3, -0.25) is 4.79 Å². The Morgan fingerprint density at radius 2 is 1.46 bits per heavy atom. The molecule has 1 N–H and O–H groups in total. The van der Waals surface area contributed by atoms with E-state index in [0.717, 1.165) is 16.8 Å². The summed E-state index contributed by atoms with van der Waals surface area (Å²) in [6.07, 6.45) is 0. The number of carbonyl (C=O) groups excluding carboxylic acids is 1. The van der Waals surface area contributed by atoms with Gasteiger partial charge in [0.2, 0.25) is 5.91 Å². The van der Waals surface area contributed by atoms with Gasteiger partial charge in [0.15, 0.2) is 0 Å². The van der Waals surface area contributed by atoms with Crippen molar-refractivity contribution in [3.8, 4) is 0 Å². The van der Waals surface area contributed by atoms with Crippen LogP contribution in [0.1, 0.15) is 28.4 Å². The fraction of sp³-hybridized carbons (Fsp3) is 0.190. The van der Waals surface area contributed by atoms with Crippen molar-refractivity contribution < 1.29 is 4.79 Å². The summed E-state index contributed by atoms with van der Waals surface area (Å²) in [5.41, 5.74) is 4.29. The van der Waals surface area contributed by atoms with Crippen LogP contribution in [-0.2, 0) is 18.4 Å². The second-order valence-electron chi connectivity index (χ2n) is 6.00. The first-order valence-corrected chi connectivity index (χ1v) is 8.15. The van der Waals surface area contributed by atoms with Crippen molar-refractivity contribution >= 4 is 5.91 Å². The van der Waals surface area contributed by atoms with Crippen molar-refractivity contribution in [2.75, 3.05) is 0 Å². The average Bonchev–Trinajstić information content (AvgIpc) is 2.94. The van der Waals surface area contributed by atoms with Crippen molar-refractivity contribution in [2.45, 2.75) is 19.4 Å². The third-order valence-electron chi connectivity index (χ3n) is 4.45. The van der Waals surface area contributed by atoms with Crippen LogP contribution in [0.15, 0.2) is 72.8 Å². The lowest BCUT2D eigenvalue weighted by Crippen LogP contribution is -2.30. The molecule has 0 radical (unpaired) electrons. The first kappa shape index (κ1) is 16.1. The van der Waals surface area contributed by atoms with Gasteiger partial charge >= 0.3 is 0 Å². The van der Waals surface area contributed by atoms with Gasteiger partial charge in [-0.2, -0.15) is 0 Å². The standard InChI is InChI=1S/C21H22N2O/c1-16-13-14-19(23(16)2)15-22-21(24)20(17-9-5-3-6-10-17)18-11-7-4-8-12-18/h3-14,20H,15H2,1-2H3,(H,22,24). The Morgan fingerprint density at radius 3 is 1.92 bits per heavy atom. The third kappa shape index (κ3) is 3.40. The minimum Gasteiger partial charge on any atom is -0.350 e. The molecule has 2 aromatic carbocycles. The molecule has 3 rings (SSSR count). The maximum absolute atomic E-state index is 12.9. The fourth-order valence-corrected chi connectivity index (χ4v) is 2.91. The zero-order valence-electron chi connectivity index (χ0n) is 14.1. The highest BCUT2D eigenvalue weighted by atomic mass is 16.1. The topological polar surface area (TPSA) is 34.0 Å². The number of aromatic nitrogens is 1. The molecule has 1 amide bonds. The van der Waals surface area contributed by atoms with Crippen molar-refractivity contribution in [2.24, 2.45) is 7.05 Å². The number of nitrogens with one attached hydrogen (secondary N) is 1. The van der Waals surface area contributed by atoms with Crippen LogP contribution < -0.4 is 5.32 Å². The van der Waals surface area contributed by atoms with E-state index in [1.165, 1.54) is 5.69 Å². The maximum Gasteiger partial charge on any atom is 0.232 e. The Kier molecular flexibility index (Phi) is 4.80. The van der Waals surface area contributed by atoms with Crippen LogP contribution in [0.3, 0.4) is 0 Å². The van der Waals surface area contributed by atoms with Crippen LogP contribution in [-0.4, -0.2) is 10.5 Å². The van der Waals surface area contributed by atoms with E-state index in [9.17, 15) is 4.79 Å². The summed E-state index contributed by atoms with van der Waals surface area (Å²) in [5, 5.41) is 3.09. The van der Waals surface area contributed by atoms with Gasteiger partial charge < -0.3 is 9.88 Å². The molecule has 3 heteroatoms. The summed E-state index contributed by atoms with van der Waals surface area (Å²) < 4.78 is 2.10. The molecular formula is C21H22N2O. The fourth-order valence-electron chi connectivity index (χ4n) is 2.91. The molecule has 0 spiro atoms. The Morgan fingerprint density at radius 1 is 0.917 bits per heavy atom. The summed E-state index contributed by atoms with van der Waals surface area (Å²) in [6.45, 7) is 2.58. The molecule has 0 bridgehead atoms. The van der Waals surface area contributed by atoms with Crippen molar-refractivity contribution in [3.05, 3.63) is 95.3 Å². The van der Waals surface area contributed by atoms with Gasteiger partial charge in [0.1, 0.15) is 0 Å². The van der Waals surface area contributed by atoms with Crippen LogP contribution in [0, 0.1) is 6.92 Å². The zero-order valence-corrected chi connectivity index (χ0v) is 14.1. The van der Waals surface area contributed by atoms with Gasteiger partial charge in [0.05, 0.1) is 12.5 Å². The number of amides is 1. The second-order valence-corrected chi connectivity index (χ2v) is 6.00. The van der Waals surface area contributed by atoms with Gasteiger partial charge in [-0.1, -0.05) is 60.7 Å². The summed E-state index contributed by atoms with van der Waals surface area (Å²) in [5.74, 6) is -0.278. The molecule has 0 atom stereocenters. The number of aryl methyl sites for hydroxylation is 1. The van der Waals surface area contributed by atoms with Gasteiger partial charge in [-0.25, -0.2) is 0 Å². The SMILES string of the molecule is Cc1ccc(CNC(=O)C(c2ccccc2)c2ccccc2)n1C. The predicted molar refractivity (Wildman–Crippen MR) is 96.7 cm³/mol. The van der Waals surface area contributed by atoms with Gasteiger partial charge in [0.25, 0.3) is 0 Å². The summed E-state index contributed by atoms with van der Waals surface area (Å²) >= 11 is 0. The molecule has 0 aliphatic heterocycles. The summed E-state index contributed by atoms with van der Waals surface area (Å²) in [7, 11) is 2.02. The molecule has 0 fully saturated rings. The zero-order chi connectivity index (χ0) is 16.9. The molecule has 122 valence electrons. The van der Waals surface area contributed by atoms with Crippen LogP contribution in [0.4, 0.5) is 0 Å². The van der Waals surface area contributed by atoms with Crippen molar-refractivity contribution in [1.82, 2.24) is 9.88 Å². The van der Waals surface area contributed by atoms with Crippen LogP contribution in [0.5, 0.6) is 0 Å². The van der Waals surface area contributed by atoms with Crippen molar-refractivity contribution in [1.29, 1.82) is 0 Å². The lowest BCUT2D eigenvalue weighted by atomic mass is 9.90. The predicted octanol–water partition coefficient (Wildman–Crippen LogP) is 3.78.